The fourth-order valence-electron chi connectivity index (χ4n) is 2.95. The van der Waals surface area contributed by atoms with E-state index in [9.17, 15) is 18.0 Å². The molecule has 1 saturated carbocycles. The number of thioether (sulfide) groups is 1. The Morgan fingerprint density at radius 2 is 1.80 bits per heavy atom. The van der Waals surface area contributed by atoms with Crippen LogP contribution in [0.3, 0.4) is 0 Å². The summed E-state index contributed by atoms with van der Waals surface area (Å²) in [5, 5.41) is 2.85. The Hall–Kier alpha value is -1.95. The SMILES string of the molecule is CC1CCC(Sc2cc(C(=O)Nc3ccc(F)c(F)c3)ccc2F)C1. The standard InChI is InChI=1S/C19H18F3NOS/c1-11-2-5-14(8-11)25-18-9-12(3-6-16(18)21)19(24)23-13-4-7-15(20)17(22)10-13/h3-4,6-7,9-11,14H,2,5,8H2,1H3,(H,23,24). The molecule has 1 fully saturated rings. The molecule has 3 rings (SSSR count). The molecule has 25 heavy (non-hydrogen) atoms. The third-order valence-electron chi connectivity index (χ3n) is 4.31. The van der Waals surface area contributed by atoms with Gasteiger partial charge >= 0.3 is 0 Å². The molecule has 0 spiro atoms. The fraction of sp³-hybridized carbons (Fsp3) is 0.316. The van der Waals surface area contributed by atoms with E-state index in [0.29, 0.717) is 16.1 Å². The molecule has 1 amide bonds. The molecule has 0 saturated heterocycles. The summed E-state index contributed by atoms with van der Waals surface area (Å²) in [6.45, 7) is 2.18. The van der Waals surface area contributed by atoms with Crippen molar-refractivity contribution in [2.75, 3.05) is 5.32 Å². The molecule has 0 bridgehead atoms. The van der Waals surface area contributed by atoms with Crippen molar-refractivity contribution < 1.29 is 18.0 Å². The first-order valence-corrected chi connectivity index (χ1v) is 9.03. The van der Waals surface area contributed by atoms with Gasteiger partial charge in [0, 0.05) is 27.5 Å². The highest BCUT2D eigenvalue weighted by Crippen LogP contribution is 2.38. The zero-order chi connectivity index (χ0) is 18.0. The van der Waals surface area contributed by atoms with Crippen molar-refractivity contribution in [3.8, 4) is 0 Å². The average molecular weight is 365 g/mol. The first kappa shape index (κ1) is 17.9. The lowest BCUT2D eigenvalue weighted by Gasteiger charge is -2.12. The van der Waals surface area contributed by atoms with Gasteiger partial charge in [-0.15, -0.1) is 11.8 Å². The van der Waals surface area contributed by atoms with Gasteiger partial charge in [-0.1, -0.05) is 6.92 Å². The highest BCUT2D eigenvalue weighted by Gasteiger charge is 2.23. The van der Waals surface area contributed by atoms with Gasteiger partial charge in [-0.25, -0.2) is 13.2 Å². The summed E-state index contributed by atoms with van der Waals surface area (Å²) in [6.07, 6.45) is 3.21. The van der Waals surface area contributed by atoms with E-state index in [1.165, 1.54) is 36.0 Å². The Bertz CT molecular complexity index is 796. The molecule has 2 atom stereocenters. The summed E-state index contributed by atoms with van der Waals surface area (Å²) in [4.78, 5) is 12.7. The Labute approximate surface area is 148 Å². The zero-order valence-electron chi connectivity index (χ0n) is 13.7. The first-order chi connectivity index (χ1) is 11.9. The topological polar surface area (TPSA) is 29.1 Å². The number of halogens is 3. The van der Waals surface area contributed by atoms with Gasteiger partial charge in [0.05, 0.1) is 0 Å². The number of anilines is 1. The molecule has 0 aromatic heterocycles. The molecule has 2 aromatic carbocycles. The summed E-state index contributed by atoms with van der Waals surface area (Å²) < 4.78 is 40.2. The van der Waals surface area contributed by atoms with Gasteiger partial charge in [0.15, 0.2) is 11.6 Å². The van der Waals surface area contributed by atoms with E-state index >= 15 is 0 Å². The average Bonchev–Trinajstić information content (AvgIpc) is 2.98. The van der Waals surface area contributed by atoms with Gasteiger partial charge in [-0.3, -0.25) is 4.79 Å². The molecule has 0 radical (unpaired) electrons. The summed E-state index contributed by atoms with van der Waals surface area (Å²) in [5.41, 5.74) is 0.423. The van der Waals surface area contributed by atoms with Crippen LogP contribution in [-0.4, -0.2) is 11.2 Å². The second-order valence-electron chi connectivity index (χ2n) is 6.39. The van der Waals surface area contributed by atoms with Gasteiger partial charge in [-0.2, -0.15) is 0 Å². The van der Waals surface area contributed by atoms with Crippen molar-refractivity contribution in [1.82, 2.24) is 0 Å². The van der Waals surface area contributed by atoms with E-state index < -0.39 is 17.5 Å². The number of benzene rings is 2. The maximum atomic E-state index is 14.1. The fourth-order valence-corrected chi connectivity index (χ4v) is 4.37. The van der Waals surface area contributed by atoms with Gasteiger partial charge < -0.3 is 5.32 Å². The Morgan fingerprint density at radius 3 is 2.48 bits per heavy atom. The largest absolute Gasteiger partial charge is 0.322 e. The number of hydrogen-bond donors (Lipinski definition) is 1. The van der Waals surface area contributed by atoms with Crippen molar-refractivity contribution in [3.05, 3.63) is 59.4 Å². The summed E-state index contributed by atoms with van der Waals surface area (Å²) in [5.74, 6) is -2.23. The number of carbonyl (C=O) groups is 1. The minimum atomic E-state index is -1.04. The highest BCUT2D eigenvalue weighted by molar-refractivity contribution is 8.00. The van der Waals surface area contributed by atoms with Crippen LogP contribution in [0.2, 0.25) is 0 Å². The minimum Gasteiger partial charge on any atom is -0.322 e. The van der Waals surface area contributed by atoms with Crippen LogP contribution in [-0.2, 0) is 0 Å². The first-order valence-electron chi connectivity index (χ1n) is 8.15. The molecule has 132 valence electrons. The smallest absolute Gasteiger partial charge is 0.255 e. The summed E-state index contributed by atoms with van der Waals surface area (Å²) in [6, 6.07) is 7.28. The normalized spacial score (nSPS) is 19.8. The van der Waals surface area contributed by atoms with Crippen LogP contribution in [0.4, 0.5) is 18.9 Å². The maximum absolute atomic E-state index is 14.1. The number of amides is 1. The predicted octanol–water partition coefficient (Wildman–Crippen LogP) is 5.64. The summed E-state index contributed by atoms with van der Waals surface area (Å²) in [7, 11) is 0. The van der Waals surface area contributed by atoms with Gasteiger partial charge in [-0.05, 0) is 55.5 Å². The predicted molar refractivity (Wildman–Crippen MR) is 93.4 cm³/mol. The Kier molecular flexibility index (Phi) is 5.37. The van der Waals surface area contributed by atoms with E-state index in [4.69, 9.17) is 0 Å². The molecular formula is C19H18F3NOS. The number of rotatable bonds is 4. The molecule has 6 heteroatoms. The van der Waals surface area contributed by atoms with E-state index in [2.05, 4.69) is 12.2 Å². The van der Waals surface area contributed by atoms with Gasteiger partial charge in [0.1, 0.15) is 5.82 Å². The molecule has 2 unspecified atom stereocenters. The van der Waals surface area contributed by atoms with E-state index in [1.807, 2.05) is 0 Å². The van der Waals surface area contributed by atoms with Crippen molar-refractivity contribution in [2.45, 2.75) is 36.3 Å². The highest BCUT2D eigenvalue weighted by atomic mass is 32.2. The molecule has 2 aromatic rings. The van der Waals surface area contributed by atoms with E-state index in [-0.39, 0.29) is 17.1 Å². The van der Waals surface area contributed by atoms with Crippen LogP contribution in [0.25, 0.3) is 0 Å². The van der Waals surface area contributed by atoms with Crippen molar-refractivity contribution in [2.24, 2.45) is 5.92 Å². The van der Waals surface area contributed by atoms with Crippen molar-refractivity contribution in [1.29, 1.82) is 0 Å². The minimum absolute atomic E-state index is 0.145. The molecular weight excluding hydrogens is 347 g/mol. The van der Waals surface area contributed by atoms with Crippen LogP contribution in [0.5, 0.6) is 0 Å². The van der Waals surface area contributed by atoms with Gasteiger partial charge in [0.2, 0.25) is 0 Å². The second kappa shape index (κ2) is 7.52. The lowest BCUT2D eigenvalue weighted by Crippen LogP contribution is -2.12. The quantitative estimate of drug-likeness (QED) is 0.760. The van der Waals surface area contributed by atoms with Crippen LogP contribution >= 0.6 is 11.8 Å². The molecule has 2 nitrogen and oxygen atoms in total. The third-order valence-corrected chi connectivity index (χ3v) is 5.64. The Balaban J connectivity index is 1.74. The van der Waals surface area contributed by atoms with Gasteiger partial charge in [0.25, 0.3) is 5.91 Å². The van der Waals surface area contributed by atoms with Crippen molar-refractivity contribution >= 4 is 23.4 Å². The lowest BCUT2D eigenvalue weighted by atomic mass is 10.1. The maximum Gasteiger partial charge on any atom is 0.255 e. The van der Waals surface area contributed by atoms with E-state index in [1.54, 1.807) is 0 Å². The summed E-state index contributed by atoms with van der Waals surface area (Å²) >= 11 is 1.46. The number of nitrogens with one attached hydrogen (secondary N) is 1. The van der Waals surface area contributed by atoms with Crippen LogP contribution in [0, 0.1) is 23.4 Å². The number of carbonyl (C=O) groups excluding carboxylic acids is 1. The zero-order valence-corrected chi connectivity index (χ0v) is 14.5. The monoisotopic (exact) mass is 365 g/mol. The van der Waals surface area contributed by atoms with Crippen LogP contribution in [0.1, 0.15) is 36.5 Å². The molecule has 1 aliphatic carbocycles. The lowest BCUT2D eigenvalue weighted by molar-refractivity contribution is 0.102. The molecule has 1 aliphatic rings. The number of hydrogen-bond acceptors (Lipinski definition) is 2. The van der Waals surface area contributed by atoms with E-state index in [0.717, 1.165) is 31.4 Å². The second-order valence-corrected chi connectivity index (χ2v) is 7.73. The van der Waals surface area contributed by atoms with Crippen LogP contribution in [0.15, 0.2) is 41.3 Å². The molecule has 1 N–H and O–H groups in total. The Morgan fingerprint density at radius 1 is 1.04 bits per heavy atom. The van der Waals surface area contributed by atoms with Crippen LogP contribution < -0.4 is 5.32 Å². The van der Waals surface area contributed by atoms with Crippen molar-refractivity contribution in [3.63, 3.8) is 0 Å². The molecule has 0 aliphatic heterocycles. The third kappa shape index (κ3) is 4.37. The molecule has 0 heterocycles.